The number of β-amino-alcohol motifs (C(OH)–C–C–N with tert-alkyl or cyclic N) is 2. The van der Waals surface area contributed by atoms with Gasteiger partial charge in [-0.15, -0.1) is 0 Å². The highest BCUT2D eigenvalue weighted by atomic mass is 79.9. The Morgan fingerprint density at radius 1 is 1.53 bits per heavy atom. The normalized spacial score (nSPS) is 25.9. The standard InChI is InChI=1S/C8H9BrN2O3S/c9-4-3-15-10-7(4)8(14)11-1-5(12)6(13)2-11/h3,5-6,12-13H,1-2H2. The predicted octanol–water partition coefficient (Wildman–Crippen LogP) is 0.0832. The number of carbonyl (C=O) groups is 1. The topological polar surface area (TPSA) is 73.7 Å². The van der Waals surface area contributed by atoms with Crippen molar-refractivity contribution in [2.45, 2.75) is 12.2 Å². The highest BCUT2D eigenvalue weighted by Crippen LogP contribution is 2.21. The van der Waals surface area contributed by atoms with E-state index in [1.807, 2.05) is 0 Å². The van der Waals surface area contributed by atoms with E-state index < -0.39 is 12.2 Å². The summed E-state index contributed by atoms with van der Waals surface area (Å²) in [7, 11) is 0. The lowest BCUT2D eigenvalue weighted by molar-refractivity contribution is 0.0572. The van der Waals surface area contributed by atoms with E-state index in [4.69, 9.17) is 0 Å². The van der Waals surface area contributed by atoms with Crippen LogP contribution in [0.3, 0.4) is 0 Å². The Hall–Kier alpha value is -0.500. The van der Waals surface area contributed by atoms with Gasteiger partial charge in [0.1, 0.15) is 0 Å². The summed E-state index contributed by atoms with van der Waals surface area (Å²) in [6, 6.07) is 0. The zero-order valence-corrected chi connectivity index (χ0v) is 10.0. The molecule has 0 radical (unpaired) electrons. The van der Waals surface area contributed by atoms with E-state index in [1.54, 1.807) is 5.38 Å². The average Bonchev–Trinajstić information content (AvgIpc) is 2.74. The Balaban J connectivity index is 2.13. The average molecular weight is 293 g/mol. The van der Waals surface area contributed by atoms with Gasteiger partial charge >= 0.3 is 0 Å². The van der Waals surface area contributed by atoms with Crippen LogP contribution in [0.2, 0.25) is 0 Å². The van der Waals surface area contributed by atoms with Crippen molar-refractivity contribution < 1.29 is 15.0 Å². The maximum atomic E-state index is 11.8. The lowest BCUT2D eigenvalue weighted by atomic mass is 10.3. The minimum Gasteiger partial charge on any atom is -0.388 e. The molecule has 1 aliphatic rings. The molecule has 1 fully saturated rings. The molecule has 1 amide bonds. The Bertz CT molecular complexity index is 374. The van der Waals surface area contributed by atoms with E-state index in [0.717, 1.165) is 0 Å². The molecule has 0 saturated carbocycles. The van der Waals surface area contributed by atoms with Crippen LogP contribution >= 0.6 is 27.5 Å². The number of amides is 1. The molecule has 1 aromatic heterocycles. The highest BCUT2D eigenvalue weighted by molar-refractivity contribution is 9.10. The van der Waals surface area contributed by atoms with Crippen molar-refractivity contribution in [3.63, 3.8) is 0 Å². The number of hydrogen-bond acceptors (Lipinski definition) is 5. The molecular weight excluding hydrogens is 284 g/mol. The summed E-state index contributed by atoms with van der Waals surface area (Å²) in [6.07, 6.45) is -1.71. The molecule has 2 rings (SSSR count). The smallest absolute Gasteiger partial charge is 0.274 e. The summed E-state index contributed by atoms with van der Waals surface area (Å²) >= 11 is 4.41. The van der Waals surface area contributed by atoms with Gasteiger partial charge in [0, 0.05) is 18.5 Å². The highest BCUT2D eigenvalue weighted by Gasteiger charge is 2.34. The fourth-order valence-electron chi connectivity index (χ4n) is 1.45. The minimum absolute atomic E-state index is 0.157. The van der Waals surface area contributed by atoms with Crippen LogP contribution in [0.15, 0.2) is 9.85 Å². The van der Waals surface area contributed by atoms with E-state index in [1.165, 1.54) is 16.4 Å². The summed E-state index contributed by atoms with van der Waals surface area (Å²) < 4.78 is 4.60. The van der Waals surface area contributed by atoms with Crippen LogP contribution in [0.5, 0.6) is 0 Å². The Labute approximate surface area is 98.6 Å². The van der Waals surface area contributed by atoms with Gasteiger partial charge in [0.15, 0.2) is 5.69 Å². The van der Waals surface area contributed by atoms with Gasteiger partial charge < -0.3 is 15.1 Å². The lowest BCUT2D eigenvalue weighted by Crippen LogP contribution is -2.30. The van der Waals surface area contributed by atoms with Gasteiger partial charge in [-0.25, -0.2) is 0 Å². The number of hydrogen-bond donors (Lipinski definition) is 2. The Morgan fingerprint density at radius 3 is 2.60 bits per heavy atom. The monoisotopic (exact) mass is 292 g/mol. The number of aliphatic hydroxyl groups is 2. The zero-order valence-electron chi connectivity index (χ0n) is 7.63. The molecule has 2 unspecified atom stereocenters. The number of aromatic nitrogens is 1. The van der Waals surface area contributed by atoms with Crippen LogP contribution in [-0.4, -0.2) is 50.7 Å². The SMILES string of the molecule is O=C(c1nscc1Br)N1CC(O)C(O)C1. The number of halogens is 1. The molecule has 1 aromatic rings. The molecule has 0 bridgehead atoms. The van der Waals surface area contributed by atoms with Gasteiger partial charge in [-0.3, -0.25) is 4.79 Å². The van der Waals surface area contributed by atoms with Crippen LogP contribution in [0.1, 0.15) is 10.5 Å². The second kappa shape index (κ2) is 4.17. The van der Waals surface area contributed by atoms with Gasteiger partial charge in [-0.05, 0) is 27.5 Å². The number of aliphatic hydroxyl groups excluding tert-OH is 2. The molecular formula is C8H9BrN2O3S. The largest absolute Gasteiger partial charge is 0.388 e. The molecule has 0 aliphatic carbocycles. The number of likely N-dealkylation sites (tertiary alicyclic amines) is 1. The van der Waals surface area contributed by atoms with Crippen LogP contribution in [-0.2, 0) is 0 Å². The summed E-state index contributed by atoms with van der Waals surface area (Å²) in [5, 5.41) is 20.3. The van der Waals surface area contributed by atoms with Gasteiger partial charge in [0.05, 0.1) is 16.7 Å². The van der Waals surface area contributed by atoms with Crippen molar-refractivity contribution in [3.05, 3.63) is 15.5 Å². The number of nitrogens with zero attached hydrogens (tertiary/aromatic N) is 2. The second-order valence-corrected chi connectivity index (χ2v) is 4.84. The molecule has 2 N–H and O–H groups in total. The van der Waals surface area contributed by atoms with Gasteiger partial charge in [0.2, 0.25) is 0 Å². The molecule has 5 nitrogen and oxygen atoms in total. The quantitative estimate of drug-likeness (QED) is 0.769. The second-order valence-electron chi connectivity index (χ2n) is 3.36. The van der Waals surface area contributed by atoms with Crippen molar-refractivity contribution >= 4 is 33.4 Å². The van der Waals surface area contributed by atoms with Crippen LogP contribution in [0, 0.1) is 0 Å². The zero-order chi connectivity index (χ0) is 11.0. The van der Waals surface area contributed by atoms with Crippen molar-refractivity contribution in [1.82, 2.24) is 9.27 Å². The van der Waals surface area contributed by atoms with Crippen LogP contribution in [0.4, 0.5) is 0 Å². The maximum Gasteiger partial charge on any atom is 0.274 e. The molecule has 2 atom stereocenters. The molecule has 2 heterocycles. The van der Waals surface area contributed by atoms with Crippen molar-refractivity contribution in [1.29, 1.82) is 0 Å². The summed E-state index contributed by atoms with van der Waals surface area (Å²) in [5.74, 6) is -0.265. The van der Waals surface area contributed by atoms with Crippen LogP contribution in [0.25, 0.3) is 0 Å². The molecule has 7 heteroatoms. The van der Waals surface area contributed by atoms with E-state index in [9.17, 15) is 15.0 Å². The predicted molar refractivity (Wildman–Crippen MR) is 57.7 cm³/mol. The Kier molecular flexibility index (Phi) is 3.06. The number of carbonyl (C=O) groups excluding carboxylic acids is 1. The third kappa shape index (κ3) is 2.05. The maximum absolute atomic E-state index is 11.8. The fraction of sp³-hybridized carbons (Fsp3) is 0.500. The first-order chi connectivity index (χ1) is 7.09. The van der Waals surface area contributed by atoms with Gasteiger partial charge in [0.25, 0.3) is 5.91 Å². The summed E-state index contributed by atoms with van der Waals surface area (Å²) in [6.45, 7) is 0.313. The minimum atomic E-state index is -0.855. The first-order valence-corrected chi connectivity index (χ1v) is 5.98. The third-order valence-electron chi connectivity index (χ3n) is 2.28. The molecule has 0 spiro atoms. The van der Waals surface area contributed by atoms with E-state index in [-0.39, 0.29) is 19.0 Å². The first kappa shape index (κ1) is 11.0. The molecule has 82 valence electrons. The molecule has 1 saturated heterocycles. The molecule has 0 aromatic carbocycles. The van der Waals surface area contributed by atoms with E-state index in [0.29, 0.717) is 10.2 Å². The van der Waals surface area contributed by atoms with Crippen molar-refractivity contribution in [2.24, 2.45) is 0 Å². The van der Waals surface area contributed by atoms with Crippen molar-refractivity contribution in [2.75, 3.05) is 13.1 Å². The van der Waals surface area contributed by atoms with Crippen LogP contribution < -0.4 is 0 Å². The van der Waals surface area contributed by atoms with Crippen molar-refractivity contribution in [3.8, 4) is 0 Å². The Morgan fingerprint density at radius 2 is 2.13 bits per heavy atom. The number of rotatable bonds is 1. The van der Waals surface area contributed by atoms with E-state index >= 15 is 0 Å². The lowest BCUT2D eigenvalue weighted by Gasteiger charge is -2.13. The first-order valence-electron chi connectivity index (χ1n) is 4.35. The molecule has 1 aliphatic heterocycles. The van der Waals surface area contributed by atoms with E-state index in [2.05, 4.69) is 20.3 Å². The van der Waals surface area contributed by atoms with Gasteiger partial charge in [-0.1, -0.05) is 0 Å². The summed E-state index contributed by atoms with van der Waals surface area (Å²) in [5.41, 5.74) is 0.335. The third-order valence-corrected chi connectivity index (χ3v) is 3.81. The van der Waals surface area contributed by atoms with Gasteiger partial charge in [-0.2, -0.15) is 4.37 Å². The molecule has 15 heavy (non-hydrogen) atoms. The fourth-order valence-corrected chi connectivity index (χ4v) is 2.62. The summed E-state index contributed by atoms with van der Waals surface area (Å²) in [4.78, 5) is 13.2.